The van der Waals surface area contributed by atoms with Crippen molar-refractivity contribution in [1.29, 1.82) is 0 Å². The van der Waals surface area contributed by atoms with Crippen LogP contribution in [0.25, 0.3) is 31.8 Å². The minimum Gasteiger partial charge on any atom is -0.507 e. The molecule has 0 saturated carbocycles. The smallest absolute Gasteiger partial charge is 0.346 e. The first-order valence-electron chi connectivity index (χ1n) is 10.6. The summed E-state index contributed by atoms with van der Waals surface area (Å²) in [5.41, 5.74) is 2.17. The molecule has 1 unspecified atom stereocenters. The Morgan fingerprint density at radius 3 is 2.93 bits per heavy atom. The van der Waals surface area contributed by atoms with Crippen LogP contribution in [0, 0.1) is 0 Å². The van der Waals surface area contributed by atoms with E-state index in [1.54, 1.807) is 6.07 Å². The molecule has 2 aromatic heterocycles. The van der Waals surface area contributed by atoms with Crippen LogP contribution in [0.3, 0.4) is 0 Å². The van der Waals surface area contributed by atoms with E-state index in [-0.39, 0.29) is 5.75 Å². The van der Waals surface area contributed by atoms with Gasteiger partial charge in [-0.15, -0.1) is 11.3 Å². The number of nitrogens with one attached hydrogen (secondary N) is 1. The number of fused-ring (bicyclic) bond motifs is 2. The SMILES string of the molecule is CC[C@H]1CCCC[NH+]1Cc1c(O)ccc2cc(-c3nc4ccccc4s3)c(=O)oc12. The zero-order valence-corrected chi connectivity index (χ0v) is 17.8. The highest BCUT2D eigenvalue weighted by Crippen LogP contribution is 2.32. The molecule has 2 atom stereocenters. The molecule has 1 saturated heterocycles. The Bertz CT molecular complexity index is 1240. The highest BCUT2D eigenvalue weighted by Gasteiger charge is 2.27. The third-order valence-corrected chi connectivity index (χ3v) is 7.35. The first kappa shape index (κ1) is 19.3. The number of para-hydroxylation sites is 1. The van der Waals surface area contributed by atoms with Gasteiger partial charge in [0.25, 0.3) is 0 Å². The Hall–Kier alpha value is -2.70. The second-order valence-corrected chi connectivity index (χ2v) is 9.13. The van der Waals surface area contributed by atoms with E-state index >= 15 is 0 Å². The lowest BCUT2D eigenvalue weighted by atomic mass is 9.98. The number of aromatic hydroxyl groups is 1. The van der Waals surface area contributed by atoms with Crippen molar-refractivity contribution in [3.63, 3.8) is 0 Å². The molecule has 0 spiro atoms. The van der Waals surface area contributed by atoms with Gasteiger partial charge >= 0.3 is 5.63 Å². The molecule has 0 bridgehead atoms. The lowest BCUT2D eigenvalue weighted by Crippen LogP contribution is -3.15. The zero-order chi connectivity index (χ0) is 20.7. The van der Waals surface area contributed by atoms with E-state index in [9.17, 15) is 9.90 Å². The minimum atomic E-state index is -0.408. The summed E-state index contributed by atoms with van der Waals surface area (Å²) in [5, 5.41) is 12.1. The highest BCUT2D eigenvalue weighted by atomic mass is 32.1. The number of hydrogen-bond donors (Lipinski definition) is 2. The predicted molar refractivity (Wildman–Crippen MR) is 120 cm³/mol. The van der Waals surface area contributed by atoms with Gasteiger partial charge in [0, 0.05) is 5.39 Å². The first-order valence-corrected chi connectivity index (χ1v) is 11.4. The number of aromatic nitrogens is 1. The van der Waals surface area contributed by atoms with E-state index in [4.69, 9.17) is 4.42 Å². The van der Waals surface area contributed by atoms with Crippen molar-refractivity contribution < 1.29 is 14.4 Å². The van der Waals surface area contributed by atoms with Crippen molar-refractivity contribution in [3.05, 3.63) is 58.4 Å². The molecule has 2 aromatic carbocycles. The normalized spacial score (nSPS) is 19.5. The van der Waals surface area contributed by atoms with Crippen molar-refractivity contribution in [2.45, 2.75) is 45.2 Å². The van der Waals surface area contributed by atoms with Crippen molar-refractivity contribution in [2.24, 2.45) is 0 Å². The van der Waals surface area contributed by atoms with Crippen LogP contribution in [0.4, 0.5) is 0 Å². The molecule has 3 heterocycles. The van der Waals surface area contributed by atoms with E-state index in [1.165, 1.54) is 35.5 Å². The fraction of sp³-hybridized carbons (Fsp3) is 0.333. The molecule has 2 N–H and O–H groups in total. The van der Waals surface area contributed by atoms with Gasteiger partial charge in [0.2, 0.25) is 0 Å². The number of thiazole rings is 1. The molecule has 5 nitrogen and oxygen atoms in total. The number of nitrogens with zero attached hydrogens (tertiary/aromatic N) is 1. The number of quaternary nitrogens is 1. The predicted octanol–water partition coefficient (Wildman–Crippen LogP) is 4.12. The molecule has 0 amide bonds. The molecular formula is C24H25N2O3S+. The molecule has 30 heavy (non-hydrogen) atoms. The summed E-state index contributed by atoms with van der Waals surface area (Å²) in [7, 11) is 0. The average Bonchev–Trinajstić information content (AvgIpc) is 3.20. The van der Waals surface area contributed by atoms with Gasteiger partial charge in [0.1, 0.15) is 17.3 Å². The number of phenols is 1. The number of likely N-dealkylation sites (tertiary alicyclic amines) is 1. The number of piperidine rings is 1. The van der Waals surface area contributed by atoms with Crippen LogP contribution in [-0.4, -0.2) is 22.7 Å². The van der Waals surface area contributed by atoms with Crippen LogP contribution in [0.2, 0.25) is 0 Å². The number of hydrogen-bond acceptors (Lipinski definition) is 5. The third kappa shape index (κ3) is 3.40. The molecule has 1 fully saturated rings. The Balaban J connectivity index is 1.59. The lowest BCUT2D eigenvalue weighted by molar-refractivity contribution is -0.944. The monoisotopic (exact) mass is 421 g/mol. The van der Waals surface area contributed by atoms with Crippen LogP contribution in [0.15, 0.2) is 51.7 Å². The van der Waals surface area contributed by atoms with Crippen LogP contribution >= 0.6 is 11.3 Å². The Labute approximate surface area is 178 Å². The molecule has 1 aliphatic heterocycles. The van der Waals surface area contributed by atoms with Crippen LogP contribution in [0.1, 0.15) is 38.2 Å². The summed E-state index contributed by atoms with van der Waals surface area (Å²) >= 11 is 1.49. The standard InChI is InChI=1S/C24H24N2O3S/c1-2-16-7-5-6-12-26(16)14-18-20(27)11-10-15-13-17(24(28)29-22(15)18)23-25-19-8-3-4-9-21(19)30-23/h3-4,8-11,13,16,27H,2,5-7,12,14H2,1H3/p+1/t16-/m0/s1. The van der Waals surface area contributed by atoms with Crippen LogP contribution in [0.5, 0.6) is 5.75 Å². The topological polar surface area (TPSA) is 67.8 Å². The van der Waals surface area contributed by atoms with Crippen LogP contribution in [-0.2, 0) is 6.54 Å². The lowest BCUT2D eigenvalue weighted by Gasteiger charge is -2.32. The Morgan fingerprint density at radius 1 is 1.23 bits per heavy atom. The molecule has 5 rings (SSSR count). The van der Waals surface area contributed by atoms with Gasteiger partial charge in [-0.25, -0.2) is 9.78 Å². The molecule has 6 heteroatoms. The summed E-state index contributed by atoms with van der Waals surface area (Å²) in [6.45, 7) is 3.98. The van der Waals surface area contributed by atoms with Crippen molar-refractivity contribution >= 4 is 32.5 Å². The van der Waals surface area contributed by atoms with Gasteiger partial charge < -0.3 is 14.4 Å². The molecule has 154 valence electrons. The molecular weight excluding hydrogens is 396 g/mol. The first-order chi connectivity index (χ1) is 14.6. The van der Waals surface area contributed by atoms with Gasteiger partial charge in [-0.05, 0) is 56.0 Å². The highest BCUT2D eigenvalue weighted by molar-refractivity contribution is 7.21. The zero-order valence-electron chi connectivity index (χ0n) is 17.0. The minimum absolute atomic E-state index is 0.200. The van der Waals surface area contributed by atoms with E-state index in [0.29, 0.717) is 28.7 Å². The Morgan fingerprint density at radius 2 is 2.10 bits per heavy atom. The summed E-state index contributed by atoms with van der Waals surface area (Å²) in [4.78, 5) is 19.0. The number of phenolic OH excluding ortho intramolecular Hbond substituents is 1. The van der Waals surface area contributed by atoms with Gasteiger partial charge in [-0.2, -0.15) is 0 Å². The fourth-order valence-electron chi connectivity index (χ4n) is 4.64. The van der Waals surface area contributed by atoms with E-state index in [2.05, 4.69) is 11.9 Å². The maximum absolute atomic E-state index is 12.9. The average molecular weight is 422 g/mol. The molecule has 1 aliphatic rings. The maximum atomic E-state index is 12.9. The molecule has 0 aliphatic carbocycles. The summed E-state index contributed by atoms with van der Waals surface area (Å²) in [5.74, 6) is 0.200. The van der Waals surface area contributed by atoms with E-state index in [0.717, 1.165) is 34.1 Å². The van der Waals surface area contributed by atoms with Gasteiger partial charge in [-0.1, -0.05) is 19.1 Å². The summed E-state index contributed by atoms with van der Waals surface area (Å²) < 4.78 is 6.84. The molecule has 0 radical (unpaired) electrons. The summed E-state index contributed by atoms with van der Waals surface area (Å²) in [6, 6.07) is 13.8. The van der Waals surface area contributed by atoms with E-state index < -0.39 is 5.63 Å². The maximum Gasteiger partial charge on any atom is 0.346 e. The van der Waals surface area contributed by atoms with E-state index in [1.807, 2.05) is 36.4 Å². The Kier molecular flexibility index (Phi) is 5.05. The number of benzene rings is 2. The van der Waals surface area contributed by atoms with Gasteiger partial charge in [0.15, 0.2) is 5.58 Å². The summed E-state index contributed by atoms with van der Waals surface area (Å²) in [6.07, 6.45) is 4.79. The quantitative estimate of drug-likeness (QED) is 0.487. The van der Waals surface area contributed by atoms with Crippen molar-refractivity contribution in [1.82, 2.24) is 4.98 Å². The number of rotatable bonds is 4. The largest absolute Gasteiger partial charge is 0.507 e. The third-order valence-electron chi connectivity index (χ3n) is 6.28. The second kappa shape index (κ2) is 7.85. The van der Waals surface area contributed by atoms with Crippen molar-refractivity contribution in [2.75, 3.05) is 6.54 Å². The van der Waals surface area contributed by atoms with Crippen LogP contribution < -0.4 is 10.5 Å². The van der Waals surface area contributed by atoms with Crippen molar-refractivity contribution in [3.8, 4) is 16.3 Å². The fourth-order valence-corrected chi connectivity index (χ4v) is 5.61. The second-order valence-electron chi connectivity index (χ2n) is 8.10. The van der Waals surface area contributed by atoms with Gasteiger partial charge in [0.05, 0.1) is 33.9 Å². The molecule has 4 aromatic rings. The van der Waals surface area contributed by atoms with Gasteiger partial charge in [-0.3, -0.25) is 0 Å².